The predicted octanol–water partition coefficient (Wildman–Crippen LogP) is 7.50. The lowest BCUT2D eigenvalue weighted by Crippen LogP contribution is -2.40. The molecule has 61 heavy (non-hydrogen) atoms. The summed E-state index contributed by atoms with van der Waals surface area (Å²) in [7, 11) is 3.10. The summed E-state index contributed by atoms with van der Waals surface area (Å²) in [5.41, 5.74) is 3.78. The van der Waals surface area contributed by atoms with Crippen LogP contribution in [0.15, 0.2) is 72.8 Å². The second-order valence-electron chi connectivity index (χ2n) is 16.0. The highest BCUT2D eigenvalue weighted by Gasteiger charge is 2.38. The van der Waals surface area contributed by atoms with E-state index in [1.54, 1.807) is 27.8 Å². The van der Waals surface area contributed by atoms with Gasteiger partial charge < -0.3 is 29.8 Å². The van der Waals surface area contributed by atoms with E-state index in [9.17, 15) is 39.0 Å². The third-order valence-electron chi connectivity index (χ3n) is 12.3. The van der Waals surface area contributed by atoms with Crippen LogP contribution in [0, 0.1) is 0 Å². The fourth-order valence-electron chi connectivity index (χ4n) is 9.05. The first kappa shape index (κ1) is 43.4. The number of hydrogen-bond donors (Lipinski definition) is 2. The van der Waals surface area contributed by atoms with Gasteiger partial charge in [-0.1, -0.05) is 55.0 Å². The Kier molecular flexibility index (Phi) is 13.2. The van der Waals surface area contributed by atoms with E-state index in [0.717, 1.165) is 32.2 Å². The molecule has 0 aliphatic carbocycles. The maximum Gasteiger partial charge on any atom is 0.407 e. The second-order valence-corrected chi connectivity index (χ2v) is 16.7. The van der Waals surface area contributed by atoms with Crippen molar-refractivity contribution in [1.82, 2.24) is 14.7 Å². The van der Waals surface area contributed by atoms with E-state index in [-0.39, 0.29) is 91.8 Å². The van der Waals surface area contributed by atoms with Gasteiger partial charge in [-0.05, 0) is 58.2 Å². The first-order chi connectivity index (χ1) is 29.3. The molecule has 0 saturated carbocycles. The Hall–Kier alpha value is -5.66. The lowest BCUT2D eigenvalue weighted by atomic mass is 9.89. The molecule has 0 bridgehead atoms. The number of imide groups is 1. The van der Waals surface area contributed by atoms with Crippen LogP contribution in [0.5, 0.6) is 5.75 Å². The highest BCUT2D eigenvalue weighted by atomic mass is 35.5. The minimum atomic E-state index is -1.16. The van der Waals surface area contributed by atoms with E-state index in [1.165, 1.54) is 24.1 Å². The molecule has 4 aromatic carbocycles. The Morgan fingerprint density at radius 2 is 1.25 bits per heavy atom. The van der Waals surface area contributed by atoms with Crippen molar-refractivity contribution in [3.63, 3.8) is 0 Å². The number of hydrogen-bond acceptors (Lipinski definition) is 7. The number of nitrogens with zero attached hydrogens (tertiary/aromatic N) is 5. The van der Waals surface area contributed by atoms with Crippen LogP contribution in [-0.2, 0) is 24.0 Å². The number of halogens is 2. The molecule has 13 nitrogen and oxygen atoms in total. The molecule has 0 spiro atoms. The number of carbonyl (C=O) groups is 6. The largest absolute Gasteiger partial charge is 0.507 e. The van der Waals surface area contributed by atoms with Gasteiger partial charge in [0.15, 0.2) is 0 Å². The quantitative estimate of drug-likeness (QED) is 0.0666. The minimum absolute atomic E-state index is 0.0424. The molecule has 3 aliphatic heterocycles. The molecule has 3 atom stereocenters. The second kappa shape index (κ2) is 18.5. The molecule has 15 heteroatoms. The van der Waals surface area contributed by atoms with Gasteiger partial charge in [0, 0.05) is 112 Å². The van der Waals surface area contributed by atoms with E-state index < -0.39 is 12.1 Å². The topological polar surface area (TPSA) is 159 Å². The normalized spacial score (nSPS) is 17.3. The van der Waals surface area contributed by atoms with E-state index >= 15 is 0 Å². The zero-order valence-corrected chi connectivity index (χ0v) is 35.7. The van der Waals surface area contributed by atoms with E-state index in [4.69, 9.17) is 23.2 Å². The van der Waals surface area contributed by atoms with Crippen LogP contribution < -0.4 is 9.80 Å². The molecule has 3 aliphatic rings. The van der Waals surface area contributed by atoms with Crippen LogP contribution in [0.1, 0.15) is 79.5 Å². The highest BCUT2D eigenvalue weighted by Crippen LogP contribution is 2.47. The lowest BCUT2D eigenvalue weighted by molar-refractivity contribution is -0.137. The summed E-state index contributed by atoms with van der Waals surface area (Å²) in [5, 5.41) is 24.0. The lowest BCUT2D eigenvalue weighted by Gasteiger charge is -2.33. The van der Waals surface area contributed by atoms with Crippen LogP contribution >= 0.6 is 23.2 Å². The summed E-state index contributed by atoms with van der Waals surface area (Å²) >= 11 is 13.0. The number of amides is 6. The minimum Gasteiger partial charge on any atom is -0.507 e. The number of unbranched alkanes of at least 4 members (excludes halogenated alkanes) is 2. The number of benzene rings is 4. The standard InChI is InChI=1S/C46H49Cl2N5O8/c1-49(46(60)61)27-37(50(2)39(55)15-4-3-9-20-51-42(58)18-19-43(51)59)34-21-35-44(32-13-7-5-11-30(32)34)28(23-47)25-52(35)40(56)16-10-17-41(57)53-26-29(24-48)45-33-14-8-6-12-31(33)38(54)22-36(45)53/h5-8,11-14,18-19,21-22,28-29,37,54H,3-4,9-10,15-17,20,23-27H2,1-2H3,(H,60,61)/t28?,29-,37-/m1/s1. The van der Waals surface area contributed by atoms with E-state index in [2.05, 4.69) is 0 Å². The Labute approximate surface area is 364 Å². The molecular weight excluding hydrogens is 821 g/mol. The number of rotatable bonds is 16. The average molecular weight is 871 g/mol. The third-order valence-corrected chi connectivity index (χ3v) is 13.0. The molecule has 6 amide bonds. The molecular formula is C46H49Cl2N5O8. The maximum atomic E-state index is 14.2. The van der Waals surface area contributed by atoms with Crippen LogP contribution in [0.3, 0.4) is 0 Å². The monoisotopic (exact) mass is 869 g/mol. The van der Waals surface area contributed by atoms with Crippen LogP contribution in [-0.4, -0.2) is 113 Å². The number of aromatic hydroxyl groups is 1. The van der Waals surface area contributed by atoms with Gasteiger partial charge in [0.1, 0.15) is 5.75 Å². The maximum absolute atomic E-state index is 14.2. The van der Waals surface area contributed by atoms with E-state index in [1.807, 2.05) is 54.6 Å². The third kappa shape index (κ3) is 8.63. The zero-order chi connectivity index (χ0) is 43.5. The molecule has 1 unspecified atom stereocenters. The SMILES string of the molecule is CN(C[C@H](c1cc2c(c3ccccc13)C(CCl)CN2C(=O)CCCC(=O)N1C[C@@H](CCl)c2c1cc(O)c1ccccc21)N(C)C(=O)CCCCCN1C(=O)C=CC1=O)C(=O)O. The van der Waals surface area contributed by atoms with Crippen LogP contribution in [0.25, 0.3) is 21.5 Å². The van der Waals surface area contributed by atoms with Crippen molar-refractivity contribution < 1.29 is 39.0 Å². The van der Waals surface area contributed by atoms with Crippen molar-refractivity contribution in [3.05, 3.63) is 89.5 Å². The van der Waals surface area contributed by atoms with Gasteiger partial charge >= 0.3 is 6.09 Å². The molecule has 0 saturated heterocycles. The first-order valence-corrected chi connectivity index (χ1v) is 21.7. The van der Waals surface area contributed by atoms with Gasteiger partial charge in [0.2, 0.25) is 17.7 Å². The average Bonchev–Trinajstić information content (AvgIpc) is 3.94. The number of likely N-dealkylation sites (N-methyl/N-ethyl adjacent to an activating group) is 2. The van der Waals surface area contributed by atoms with Crippen molar-refractivity contribution in [3.8, 4) is 5.75 Å². The Morgan fingerprint density at radius 1 is 0.721 bits per heavy atom. The van der Waals surface area contributed by atoms with Crippen LogP contribution in [0.2, 0.25) is 0 Å². The van der Waals surface area contributed by atoms with Crippen molar-refractivity contribution in [2.45, 2.75) is 62.8 Å². The summed E-state index contributed by atoms with van der Waals surface area (Å²) in [4.78, 5) is 85.0. The number of phenols is 1. The van der Waals surface area contributed by atoms with Gasteiger partial charge in [-0.15, -0.1) is 23.2 Å². The Morgan fingerprint density at radius 3 is 1.80 bits per heavy atom. The smallest absolute Gasteiger partial charge is 0.407 e. The Bertz CT molecular complexity index is 2420. The molecule has 7 rings (SSSR count). The summed E-state index contributed by atoms with van der Waals surface area (Å²) < 4.78 is 0. The van der Waals surface area contributed by atoms with Crippen molar-refractivity contribution >= 4 is 91.8 Å². The van der Waals surface area contributed by atoms with Gasteiger partial charge in [-0.2, -0.15) is 0 Å². The molecule has 2 N–H and O–H groups in total. The number of phenolic OH excluding ortho intramolecular Hbond substituents is 1. The van der Waals surface area contributed by atoms with E-state index in [0.29, 0.717) is 60.6 Å². The summed E-state index contributed by atoms with van der Waals surface area (Å²) in [6, 6.07) is 18.0. The zero-order valence-electron chi connectivity index (χ0n) is 34.2. The van der Waals surface area contributed by atoms with Crippen LogP contribution in [0.4, 0.5) is 16.2 Å². The van der Waals surface area contributed by atoms with Gasteiger partial charge in [-0.25, -0.2) is 4.79 Å². The number of carboxylic acid groups (broad SMARTS) is 1. The highest BCUT2D eigenvalue weighted by molar-refractivity contribution is 6.19. The van der Waals surface area contributed by atoms with Gasteiger partial charge in [0.25, 0.3) is 11.8 Å². The molecule has 0 radical (unpaired) electrons. The summed E-state index contributed by atoms with van der Waals surface area (Å²) in [5.74, 6) is -0.928. The number of fused-ring (bicyclic) bond motifs is 6. The molecule has 4 aromatic rings. The predicted molar refractivity (Wildman–Crippen MR) is 236 cm³/mol. The fraction of sp³-hybridized carbons (Fsp3) is 0.391. The van der Waals surface area contributed by atoms with Gasteiger partial charge in [0.05, 0.1) is 11.7 Å². The number of anilines is 2. The molecule has 0 aromatic heterocycles. The molecule has 0 fully saturated rings. The fourth-order valence-corrected chi connectivity index (χ4v) is 9.56. The molecule has 320 valence electrons. The Balaban J connectivity index is 1.09. The van der Waals surface area contributed by atoms with Crippen molar-refractivity contribution in [1.29, 1.82) is 0 Å². The number of carbonyl (C=O) groups excluding carboxylic acids is 5. The first-order valence-electron chi connectivity index (χ1n) is 20.6. The number of alkyl halides is 2. The summed E-state index contributed by atoms with van der Waals surface area (Å²) in [6.45, 7) is 0.921. The molecule has 3 heterocycles. The van der Waals surface area contributed by atoms with Gasteiger partial charge in [-0.3, -0.25) is 28.9 Å². The van der Waals surface area contributed by atoms with Crippen molar-refractivity contribution in [2.75, 3.05) is 61.8 Å². The summed E-state index contributed by atoms with van der Waals surface area (Å²) in [6.07, 6.45) is 3.57. The van der Waals surface area contributed by atoms with Crippen molar-refractivity contribution in [2.24, 2.45) is 0 Å².